The summed E-state index contributed by atoms with van der Waals surface area (Å²) in [7, 11) is 1.79. The number of rotatable bonds is 2. The normalized spacial score (nSPS) is 11.0. The monoisotopic (exact) mass is 200 g/mol. The molecular formula is C11H12N4. The van der Waals surface area contributed by atoms with Gasteiger partial charge in [-0.15, -0.1) is 0 Å². The molecule has 76 valence electrons. The van der Waals surface area contributed by atoms with Crippen LogP contribution in [0.3, 0.4) is 0 Å². The SMILES string of the molecule is Cn1ncc(N=Cc2ccccc2)c1N. The number of hydrogen-bond acceptors (Lipinski definition) is 3. The van der Waals surface area contributed by atoms with Gasteiger partial charge in [-0.3, -0.25) is 9.67 Å². The average Bonchev–Trinajstić information content (AvgIpc) is 2.59. The van der Waals surface area contributed by atoms with Gasteiger partial charge in [-0.25, -0.2) is 0 Å². The zero-order valence-electron chi connectivity index (χ0n) is 8.46. The van der Waals surface area contributed by atoms with Gasteiger partial charge >= 0.3 is 0 Å². The number of nitrogen functional groups attached to an aromatic ring is 1. The van der Waals surface area contributed by atoms with Crippen LogP contribution in [-0.4, -0.2) is 16.0 Å². The van der Waals surface area contributed by atoms with Crippen LogP contribution < -0.4 is 5.73 Å². The van der Waals surface area contributed by atoms with Crippen LogP contribution in [0.2, 0.25) is 0 Å². The van der Waals surface area contributed by atoms with Gasteiger partial charge < -0.3 is 5.73 Å². The zero-order chi connectivity index (χ0) is 10.7. The molecule has 0 aliphatic carbocycles. The second-order valence-electron chi connectivity index (χ2n) is 3.21. The van der Waals surface area contributed by atoms with Crippen LogP contribution in [0.1, 0.15) is 5.56 Å². The molecule has 1 aromatic carbocycles. The van der Waals surface area contributed by atoms with Gasteiger partial charge in [-0.1, -0.05) is 30.3 Å². The Morgan fingerprint density at radius 3 is 2.67 bits per heavy atom. The molecule has 0 bridgehead atoms. The van der Waals surface area contributed by atoms with Gasteiger partial charge in [-0.2, -0.15) is 5.10 Å². The van der Waals surface area contributed by atoms with E-state index in [1.54, 1.807) is 24.1 Å². The van der Waals surface area contributed by atoms with Crippen LogP contribution in [0, 0.1) is 0 Å². The Labute approximate surface area is 88.1 Å². The highest BCUT2D eigenvalue weighted by atomic mass is 15.3. The molecule has 0 saturated heterocycles. The van der Waals surface area contributed by atoms with Crippen molar-refractivity contribution < 1.29 is 0 Å². The lowest BCUT2D eigenvalue weighted by Gasteiger charge is -1.94. The summed E-state index contributed by atoms with van der Waals surface area (Å²) in [5, 5.41) is 4.01. The second-order valence-corrected chi connectivity index (χ2v) is 3.21. The summed E-state index contributed by atoms with van der Waals surface area (Å²) < 4.78 is 1.59. The first kappa shape index (κ1) is 9.45. The number of aliphatic imine (C=N–C) groups is 1. The van der Waals surface area contributed by atoms with E-state index in [2.05, 4.69) is 10.1 Å². The second kappa shape index (κ2) is 3.96. The molecule has 0 aliphatic rings. The van der Waals surface area contributed by atoms with Crippen LogP contribution >= 0.6 is 0 Å². The first-order valence-electron chi connectivity index (χ1n) is 4.64. The molecule has 0 radical (unpaired) electrons. The topological polar surface area (TPSA) is 56.2 Å². The van der Waals surface area contributed by atoms with Crippen LogP contribution in [0.25, 0.3) is 0 Å². The van der Waals surface area contributed by atoms with Gasteiger partial charge in [0.2, 0.25) is 0 Å². The average molecular weight is 200 g/mol. The van der Waals surface area contributed by atoms with Crippen molar-refractivity contribution in [2.24, 2.45) is 12.0 Å². The Bertz CT molecular complexity index is 471. The Kier molecular flexibility index (Phi) is 2.49. The van der Waals surface area contributed by atoms with E-state index in [-0.39, 0.29) is 0 Å². The van der Waals surface area contributed by atoms with Crippen LogP contribution in [0.15, 0.2) is 41.5 Å². The fraction of sp³-hybridized carbons (Fsp3) is 0.0909. The van der Waals surface area contributed by atoms with Crippen molar-refractivity contribution in [3.63, 3.8) is 0 Å². The van der Waals surface area contributed by atoms with Crippen LogP contribution in [0.4, 0.5) is 11.5 Å². The molecule has 0 atom stereocenters. The molecule has 15 heavy (non-hydrogen) atoms. The Balaban J connectivity index is 2.23. The smallest absolute Gasteiger partial charge is 0.147 e. The number of nitrogens with zero attached hydrogens (tertiary/aromatic N) is 3. The number of benzene rings is 1. The number of aryl methyl sites for hydroxylation is 1. The molecule has 4 heteroatoms. The molecule has 1 heterocycles. The first-order valence-corrected chi connectivity index (χ1v) is 4.64. The van der Waals surface area contributed by atoms with E-state index < -0.39 is 0 Å². The van der Waals surface area contributed by atoms with Crippen molar-refractivity contribution in [1.82, 2.24) is 9.78 Å². The maximum absolute atomic E-state index is 5.75. The molecule has 0 amide bonds. The van der Waals surface area contributed by atoms with E-state index in [0.717, 1.165) is 5.56 Å². The molecular weight excluding hydrogens is 188 g/mol. The zero-order valence-corrected chi connectivity index (χ0v) is 8.46. The van der Waals surface area contributed by atoms with Crippen LogP contribution in [-0.2, 0) is 7.05 Å². The third kappa shape index (κ3) is 2.04. The molecule has 2 N–H and O–H groups in total. The number of anilines is 1. The Morgan fingerprint density at radius 2 is 2.07 bits per heavy atom. The van der Waals surface area contributed by atoms with E-state index in [9.17, 15) is 0 Å². The highest BCUT2D eigenvalue weighted by Gasteiger charge is 2.00. The molecule has 0 fully saturated rings. The summed E-state index contributed by atoms with van der Waals surface area (Å²) in [6, 6.07) is 9.86. The largest absolute Gasteiger partial charge is 0.382 e. The molecule has 2 aromatic rings. The standard InChI is InChI=1S/C11H12N4/c1-15-11(12)10(8-14-15)13-7-9-5-3-2-4-6-9/h2-8H,12H2,1H3. The molecule has 0 aliphatic heterocycles. The lowest BCUT2D eigenvalue weighted by atomic mass is 10.2. The van der Waals surface area contributed by atoms with Crippen molar-refractivity contribution in [1.29, 1.82) is 0 Å². The Morgan fingerprint density at radius 1 is 1.33 bits per heavy atom. The summed E-state index contributed by atoms with van der Waals surface area (Å²) >= 11 is 0. The number of hydrogen-bond donors (Lipinski definition) is 1. The lowest BCUT2D eigenvalue weighted by molar-refractivity contribution is 0.779. The van der Waals surface area contributed by atoms with Crippen molar-refractivity contribution >= 4 is 17.7 Å². The maximum Gasteiger partial charge on any atom is 0.147 e. The summed E-state index contributed by atoms with van der Waals surface area (Å²) in [5.41, 5.74) is 7.49. The first-order chi connectivity index (χ1) is 7.27. The van der Waals surface area contributed by atoms with Gasteiger partial charge in [0, 0.05) is 13.3 Å². The fourth-order valence-corrected chi connectivity index (χ4v) is 1.22. The summed E-state index contributed by atoms with van der Waals surface area (Å²) in [5.74, 6) is 0.571. The number of aromatic nitrogens is 2. The van der Waals surface area contributed by atoms with Crippen LogP contribution in [0.5, 0.6) is 0 Å². The third-order valence-electron chi connectivity index (χ3n) is 2.12. The summed E-state index contributed by atoms with van der Waals surface area (Å²) in [6.45, 7) is 0. The molecule has 1 aromatic heterocycles. The van der Waals surface area contributed by atoms with Gasteiger partial charge in [0.1, 0.15) is 11.5 Å². The molecule has 0 saturated carbocycles. The van der Waals surface area contributed by atoms with Crippen molar-refractivity contribution in [2.75, 3.05) is 5.73 Å². The van der Waals surface area contributed by atoms with Gasteiger partial charge in [0.05, 0.1) is 6.20 Å². The molecule has 4 nitrogen and oxygen atoms in total. The minimum Gasteiger partial charge on any atom is -0.382 e. The van der Waals surface area contributed by atoms with Gasteiger partial charge in [-0.05, 0) is 5.56 Å². The summed E-state index contributed by atoms with van der Waals surface area (Å²) in [6.07, 6.45) is 3.42. The lowest BCUT2D eigenvalue weighted by Crippen LogP contribution is -1.96. The Hall–Kier alpha value is -2.10. The number of nitrogens with two attached hydrogens (primary N) is 1. The minimum atomic E-state index is 0.571. The minimum absolute atomic E-state index is 0.571. The highest BCUT2D eigenvalue weighted by molar-refractivity contribution is 5.83. The fourth-order valence-electron chi connectivity index (χ4n) is 1.22. The highest BCUT2D eigenvalue weighted by Crippen LogP contribution is 2.19. The van der Waals surface area contributed by atoms with Gasteiger partial charge in [0.25, 0.3) is 0 Å². The molecule has 0 unspecified atom stereocenters. The van der Waals surface area contributed by atoms with E-state index in [1.807, 2.05) is 30.3 Å². The molecule has 0 spiro atoms. The van der Waals surface area contributed by atoms with Gasteiger partial charge in [0.15, 0.2) is 0 Å². The van der Waals surface area contributed by atoms with E-state index in [1.165, 1.54) is 0 Å². The predicted molar refractivity (Wildman–Crippen MR) is 61.3 cm³/mol. The summed E-state index contributed by atoms with van der Waals surface area (Å²) in [4.78, 5) is 4.26. The third-order valence-corrected chi connectivity index (χ3v) is 2.12. The van der Waals surface area contributed by atoms with Crippen molar-refractivity contribution in [3.05, 3.63) is 42.1 Å². The van der Waals surface area contributed by atoms with E-state index in [0.29, 0.717) is 11.5 Å². The molecule has 2 rings (SSSR count). The van der Waals surface area contributed by atoms with E-state index in [4.69, 9.17) is 5.73 Å². The maximum atomic E-state index is 5.75. The van der Waals surface area contributed by atoms with Crippen molar-refractivity contribution in [3.8, 4) is 0 Å². The van der Waals surface area contributed by atoms with E-state index >= 15 is 0 Å². The van der Waals surface area contributed by atoms with Crippen molar-refractivity contribution in [2.45, 2.75) is 0 Å². The predicted octanol–water partition coefficient (Wildman–Crippen LogP) is 1.75. The quantitative estimate of drug-likeness (QED) is 0.751.